The van der Waals surface area contributed by atoms with Crippen LogP contribution in [0.5, 0.6) is 0 Å². The van der Waals surface area contributed by atoms with Crippen LogP contribution in [0.1, 0.15) is 31.1 Å². The number of ketones is 1. The van der Waals surface area contributed by atoms with Crippen molar-refractivity contribution < 1.29 is 18.0 Å². The molecule has 3 nitrogen and oxygen atoms in total. The Labute approximate surface area is 108 Å². The second kappa shape index (κ2) is 4.08. The summed E-state index contributed by atoms with van der Waals surface area (Å²) in [5.74, 6) is -0.283. The molecule has 19 heavy (non-hydrogen) atoms. The van der Waals surface area contributed by atoms with Crippen molar-refractivity contribution in [2.24, 2.45) is 0 Å². The van der Waals surface area contributed by atoms with Gasteiger partial charge in [0.15, 0.2) is 5.78 Å². The maximum atomic E-state index is 13.1. The van der Waals surface area contributed by atoms with Gasteiger partial charge in [-0.25, -0.2) is 4.98 Å². The number of aromatic nitrogens is 2. The van der Waals surface area contributed by atoms with Gasteiger partial charge in [-0.1, -0.05) is 0 Å². The number of carbonyl (C=O) groups is 1. The van der Waals surface area contributed by atoms with Gasteiger partial charge in [0.1, 0.15) is 11.2 Å². The molecule has 0 atom stereocenters. The Morgan fingerprint density at radius 2 is 1.95 bits per heavy atom. The molecular formula is C13H13F3N2O. The lowest BCUT2D eigenvalue weighted by Crippen LogP contribution is -2.41. The van der Waals surface area contributed by atoms with Crippen LogP contribution in [0.3, 0.4) is 0 Å². The Hall–Kier alpha value is -1.85. The number of carbonyl (C=O) groups excluding carboxylic acids is 1. The smallest absolute Gasteiger partial charge is 0.317 e. The van der Waals surface area contributed by atoms with Gasteiger partial charge in [-0.3, -0.25) is 4.79 Å². The van der Waals surface area contributed by atoms with Crippen LogP contribution in [-0.2, 0) is 5.54 Å². The highest BCUT2D eigenvalue weighted by molar-refractivity contribution is 6.06. The molecule has 0 radical (unpaired) electrons. The maximum absolute atomic E-state index is 13.1. The number of fused-ring (bicyclic) bond motifs is 1. The van der Waals surface area contributed by atoms with E-state index in [2.05, 4.69) is 4.98 Å². The van der Waals surface area contributed by atoms with Crippen molar-refractivity contribution in [2.45, 2.75) is 32.5 Å². The zero-order chi connectivity index (χ0) is 14.4. The quantitative estimate of drug-likeness (QED) is 0.782. The van der Waals surface area contributed by atoms with E-state index in [0.29, 0.717) is 5.39 Å². The minimum Gasteiger partial charge on any atom is -0.317 e. The largest absolute Gasteiger partial charge is 0.411 e. The van der Waals surface area contributed by atoms with E-state index >= 15 is 0 Å². The molecule has 2 rings (SSSR count). The fourth-order valence-corrected chi connectivity index (χ4v) is 1.90. The van der Waals surface area contributed by atoms with Crippen LogP contribution >= 0.6 is 0 Å². The third-order valence-corrected chi connectivity index (χ3v) is 3.24. The molecule has 6 heteroatoms. The Morgan fingerprint density at radius 1 is 1.32 bits per heavy atom. The molecule has 0 aliphatic rings. The SMILES string of the molecule is CC(=O)c1cn(C(C)(C)C(F)(F)F)c2ncccc12. The van der Waals surface area contributed by atoms with Gasteiger partial charge in [-0.2, -0.15) is 13.2 Å². The first kappa shape index (κ1) is 13.6. The third kappa shape index (κ3) is 2.01. The summed E-state index contributed by atoms with van der Waals surface area (Å²) >= 11 is 0. The summed E-state index contributed by atoms with van der Waals surface area (Å²) in [7, 11) is 0. The Bertz CT molecular complexity index is 641. The molecule has 102 valence electrons. The minimum absolute atomic E-state index is 0.162. The monoisotopic (exact) mass is 270 g/mol. The highest BCUT2D eigenvalue weighted by Gasteiger charge is 2.49. The van der Waals surface area contributed by atoms with Crippen LogP contribution in [0, 0.1) is 0 Å². The Morgan fingerprint density at radius 3 is 2.47 bits per heavy atom. The van der Waals surface area contributed by atoms with E-state index in [4.69, 9.17) is 0 Å². The van der Waals surface area contributed by atoms with Crippen LogP contribution < -0.4 is 0 Å². The van der Waals surface area contributed by atoms with Crippen molar-refractivity contribution in [3.05, 3.63) is 30.1 Å². The van der Waals surface area contributed by atoms with Gasteiger partial charge in [0, 0.05) is 23.3 Å². The van der Waals surface area contributed by atoms with E-state index in [1.54, 1.807) is 12.1 Å². The van der Waals surface area contributed by atoms with E-state index < -0.39 is 11.7 Å². The molecule has 0 saturated heterocycles. The predicted octanol–water partition coefficient (Wildman–Crippen LogP) is 3.54. The van der Waals surface area contributed by atoms with Crippen LogP contribution in [0.2, 0.25) is 0 Å². The topological polar surface area (TPSA) is 34.9 Å². The van der Waals surface area contributed by atoms with Gasteiger partial charge < -0.3 is 4.57 Å². The fourth-order valence-electron chi connectivity index (χ4n) is 1.90. The van der Waals surface area contributed by atoms with Crippen molar-refractivity contribution in [1.82, 2.24) is 9.55 Å². The zero-order valence-corrected chi connectivity index (χ0v) is 10.7. The van der Waals surface area contributed by atoms with Gasteiger partial charge in [-0.05, 0) is 32.9 Å². The Balaban J connectivity index is 2.79. The standard InChI is InChI=1S/C13H13F3N2O/c1-8(19)10-7-18(12(2,3)13(14,15)16)11-9(10)5-4-6-17-11/h4-7H,1-3H3. The average Bonchev–Trinajstić information content (AvgIpc) is 2.67. The first-order valence-electron chi connectivity index (χ1n) is 5.70. The van der Waals surface area contributed by atoms with Crippen molar-refractivity contribution in [3.63, 3.8) is 0 Å². The fraction of sp³-hybridized carbons (Fsp3) is 0.385. The van der Waals surface area contributed by atoms with Gasteiger partial charge in [0.2, 0.25) is 0 Å². The first-order valence-corrected chi connectivity index (χ1v) is 5.70. The lowest BCUT2D eigenvalue weighted by molar-refractivity contribution is -0.201. The van der Waals surface area contributed by atoms with Crippen molar-refractivity contribution in [1.29, 1.82) is 0 Å². The van der Waals surface area contributed by atoms with Gasteiger partial charge in [0.25, 0.3) is 0 Å². The summed E-state index contributed by atoms with van der Waals surface area (Å²) < 4.78 is 40.4. The minimum atomic E-state index is -4.44. The lowest BCUT2D eigenvalue weighted by atomic mass is 10.1. The summed E-state index contributed by atoms with van der Waals surface area (Å²) in [5.41, 5.74) is -1.72. The van der Waals surface area contributed by atoms with Crippen LogP contribution in [0.25, 0.3) is 11.0 Å². The Kier molecular flexibility index (Phi) is 2.91. The van der Waals surface area contributed by atoms with E-state index in [-0.39, 0.29) is 17.0 Å². The highest BCUT2D eigenvalue weighted by atomic mass is 19.4. The maximum Gasteiger partial charge on any atom is 0.411 e. The second-order valence-corrected chi connectivity index (χ2v) is 4.90. The molecule has 0 spiro atoms. The molecule has 0 bridgehead atoms. The second-order valence-electron chi connectivity index (χ2n) is 4.90. The van der Waals surface area contributed by atoms with Gasteiger partial charge in [0.05, 0.1) is 0 Å². The number of hydrogen-bond acceptors (Lipinski definition) is 2. The van der Waals surface area contributed by atoms with Crippen LogP contribution in [0.4, 0.5) is 13.2 Å². The third-order valence-electron chi connectivity index (χ3n) is 3.24. The molecule has 2 aromatic rings. The summed E-state index contributed by atoms with van der Waals surface area (Å²) in [6.45, 7) is 3.45. The number of hydrogen-bond donors (Lipinski definition) is 0. The molecule has 0 fully saturated rings. The molecule has 0 N–H and O–H groups in total. The van der Waals surface area contributed by atoms with Gasteiger partial charge in [-0.15, -0.1) is 0 Å². The highest BCUT2D eigenvalue weighted by Crippen LogP contribution is 2.39. The lowest BCUT2D eigenvalue weighted by Gasteiger charge is -2.30. The number of rotatable bonds is 2. The summed E-state index contributed by atoms with van der Waals surface area (Å²) in [5, 5.41) is 0.437. The van der Waals surface area contributed by atoms with Crippen molar-refractivity contribution >= 4 is 16.8 Å². The number of pyridine rings is 1. The molecule has 0 aliphatic heterocycles. The van der Waals surface area contributed by atoms with E-state index in [1.807, 2.05) is 0 Å². The molecule has 0 amide bonds. The molecule has 2 heterocycles. The summed E-state index contributed by atoms with van der Waals surface area (Å²) in [4.78, 5) is 15.5. The van der Waals surface area contributed by atoms with E-state index in [1.165, 1.54) is 19.3 Å². The summed E-state index contributed by atoms with van der Waals surface area (Å²) in [6, 6.07) is 3.20. The normalized spacial score (nSPS) is 12.9. The van der Waals surface area contributed by atoms with Crippen molar-refractivity contribution in [3.8, 4) is 0 Å². The van der Waals surface area contributed by atoms with Crippen molar-refractivity contribution in [2.75, 3.05) is 0 Å². The molecule has 2 aromatic heterocycles. The molecule has 0 aliphatic carbocycles. The molecule has 0 aromatic carbocycles. The first-order chi connectivity index (χ1) is 8.66. The number of nitrogens with zero attached hydrogens (tertiary/aromatic N) is 2. The summed E-state index contributed by atoms with van der Waals surface area (Å²) in [6.07, 6.45) is -1.80. The zero-order valence-electron chi connectivity index (χ0n) is 10.7. The van der Waals surface area contributed by atoms with Gasteiger partial charge >= 0.3 is 6.18 Å². The molecule has 0 saturated carbocycles. The van der Waals surface area contributed by atoms with Crippen LogP contribution in [-0.4, -0.2) is 21.5 Å². The number of Topliss-reactive ketones (excluding diaryl/α,β-unsaturated/α-hetero) is 1. The van der Waals surface area contributed by atoms with E-state index in [0.717, 1.165) is 18.4 Å². The number of halogens is 3. The average molecular weight is 270 g/mol. The predicted molar refractivity (Wildman–Crippen MR) is 65.1 cm³/mol. The van der Waals surface area contributed by atoms with E-state index in [9.17, 15) is 18.0 Å². The van der Waals surface area contributed by atoms with Crippen LogP contribution in [0.15, 0.2) is 24.5 Å². The number of alkyl halides is 3. The molecule has 0 unspecified atom stereocenters. The molecular weight excluding hydrogens is 257 g/mol.